The largest absolute Gasteiger partial charge is 0.491 e. The Hall–Kier alpha value is -0.970. The fourth-order valence-corrected chi connectivity index (χ4v) is 1.55. The number of rotatable bonds is 6. The Morgan fingerprint density at radius 1 is 1.50 bits per heavy atom. The van der Waals surface area contributed by atoms with E-state index in [2.05, 4.69) is 5.32 Å². The molecule has 0 aliphatic heterocycles. The average molecular weight is 292 g/mol. The van der Waals surface area contributed by atoms with E-state index in [1.807, 2.05) is 0 Å². The molecule has 2 N–H and O–H groups in total. The second-order valence-corrected chi connectivity index (χ2v) is 4.59. The number of hydrogen-bond acceptors (Lipinski definition) is 3. The number of carbonyl (C=O) groups excluding carboxylic acids is 1. The van der Waals surface area contributed by atoms with Crippen molar-refractivity contribution in [2.45, 2.75) is 19.4 Å². The van der Waals surface area contributed by atoms with E-state index in [4.69, 9.17) is 33.0 Å². The highest BCUT2D eigenvalue weighted by atomic mass is 35.5. The highest BCUT2D eigenvalue weighted by Crippen LogP contribution is 2.31. The smallest absolute Gasteiger partial charge is 0.223 e. The summed E-state index contributed by atoms with van der Waals surface area (Å²) in [5, 5.41) is 12.3. The number of nitrogens with one attached hydrogen (secondary N) is 1. The summed E-state index contributed by atoms with van der Waals surface area (Å²) in [4.78, 5) is 11.3. The predicted octanol–water partition coefficient (Wildman–Crippen LogP) is 2.26. The van der Waals surface area contributed by atoms with Gasteiger partial charge in [0.15, 0.2) is 0 Å². The summed E-state index contributed by atoms with van der Waals surface area (Å²) in [7, 11) is 0. The SMILES string of the molecule is CC(O)CNC(=O)CCOc1cccc(Cl)c1Cl. The molecule has 4 nitrogen and oxygen atoms in total. The summed E-state index contributed by atoms with van der Waals surface area (Å²) in [6.07, 6.45) is -0.368. The van der Waals surface area contributed by atoms with Gasteiger partial charge in [0, 0.05) is 6.54 Å². The highest BCUT2D eigenvalue weighted by molar-refractivity contribution is 6.42. The average Bonchev–Trinajstić information content (AvgIpc) is 2.32. The van der Waals surface area contributed by atoms with Crippen LogP contribution in [0.25, 0.3) is 0 Å². The molecule has 0 saturated carbocycles. The van der Waals surface area contributed by atoms with Gasteiger partial charge < -0.3 is 15.2 Å². The Kier molecular flexibility index (Phi) is 6.25. The van der Waals surface area contributed by atoms with E-state index in [1.54, 1.807) is 25.1 Å². The number of benzene rings is 1. The molecule has 0 saturated heterocycles. The van der Waals surface area contributed by atoms with Crippen molar-refractivity contribution in [3.63, 3.8) is 0 Å². The minimum Gasteiger partial charge on any atom is -0.491 e. The minimum atomic E-state index is -0.558. The maximum atomic E-state index is 11.3. The van der Waals surface area contributed by atoms with Crippen LogP contribution in [0.4, 0.5) is 0 Å². The quantitative estimate of drug-likeness (QED) is 0.845. The van der Waals surface area contributed by atoms with Gasteiger partial charge in [0.25, 0.3) is 0 Å². The molecule has 0 bridgehead atoms. The van der Waals surface area contributed by atoms with Crippen LogP contribution in [0.1, 0.15) is 13.3 Å². The first-order valence-electron chi connectivity index (χ1n) is 5.52. The Morgan fingerprint density at radius 3 is 2.89 bits per heavy atom. The molecule has 1 unspecified atom stereocenters. The van der Waals surface area contributed by atoms with Crippen LogP contribution >= 0.6 is 23.2 Å². The predicted molar refractivity (Wildman–Crippen MR) is 71.3 cm³/mol. The van der Waals surface area contributed by atoms with Crippen LogP contribution in [-0.2, 0) is 4.79 Å². The molecule has 1 aromatic carbocycles. The first-order valence-corrected chi connectivity index (χ1v) is 6.28. The van der Waals surface area contributed by atoms with Crippen molar-refractivity contribution in [3.05, 3.63) is 28.2 Å². The van der Waals surface area contributed by atoms with E-state index in [9.17, 15) is 4.79 Å². The minimum absolute atomic E-state index is 0.186. The fraction of sp³-hybridized carbons (Fsp3) is 0.417. The topological polar surface area (TPSA) is 58.6 Å². The third kappa shape index (κ3) is 5.12. The fourth-order valence-electron chi connectivity index (χ4n) is 1.20. The van der Waals surface area contributed by atoms with Gasteiger partial charge in [-0.2, -0.15) is 0 Å². The second-order valence-electron chi connectivity index (χ2n) is 3.80. The lowest BCUT2D eigenvalue weighted by atomic mass is 10.3. The van der Waals surface area contributed by atoms with Crippen LogP contribution in [0.15, 0.2) is 18.2 Å². The van der Waals surface area contributed by atoms with Crippen molar-refractivity contribution in [3.8, 4) is 5.75 Å². The maximum absolute atomic E-state index is 11.3. The molecule has 1 aromatic rings. The summed E-state index contributed by atoms with van der Waals surface area (Å²) in [5.41, 5.74) is 0. The molecule has 0 aliphatic rings. The van der Waals surface area contributed by atoms with Gasteiger partial charge in [-0.05, 0) is 19.1 Å². The number of amides is 1. The molecular weight excluding hydrogens is 277 g/mol. The van der Waals surface area contributed by atoms with Gasteiger partial charge in [0.2, 0.25) is 5.91 Å². The molecule has 0 aliphatic carbocycles. The molecule has 1 atom stereocenters. The van der Waals surface area contributed by atoms with Gasteiger partial charge in [0.1, 0.15) is 10.8 Å². The lowest BCUT2D eigenvalue weighted by Gasteiger charge is -2.09. The van der Waals surface area contributed by atoms with Gasteiger partial charge in [-0.15, -0.1) is 0 Å². The standard InChI is InChI=1S/C12H15Cl2NO3/c1-8(16)7-15-11(17)5-6-18-10-4-2-3-9(13)12(10)14/h2-4,8,16H,5-7H2,1H3,(H,15,17). The molecular formula is C12H15Cl2NO3. The van der Waals surface area contributed by atoms with Crippen LogP contribution in [-0.4, -0.2) is 30.3 Å². The molecule has 1 amide bonds. The van der Waals surface area contributed by atoms with E-state index >= 15 is 0 Å². The Balaban J connectivity index is 2.33. The van der Waals surface area contributed by atoms with E-state index < -0.39 is 6.10 Å². The molecule has 100 valence electrons. The van der Waals surface area contributed by atoms with Crippen molar-refractivity contribution in [1.29, 1.82) is 0 Å². The monoisotopic (exact) mass is 291 g/mol. The van der Waals surface area contributed by atoms with Crippen molar-refractivity contribution < 1.29 is 14.6 Å². The molecule has 0 fully saturated rings. The van der Waals surface area contributed by atoms with Gasteiger partial charge >= 0.3 is 0 Å². The number of carbonyl (C=O) groups is 1. The third-order valence-electron chi connectivity index (χ3n) is 2.10. The van der Waals surface area contributed by atoms with E-state index in [0.29, 0.717) is 15.8 Å². The lowest BCUT2D eigenvalue weighted by molar-refractivity contribution is -0.122. The van der Waals surface area contributed by atoms with E-state index in [0.717, 1.165) is 0 Å². The number of aliphatic hydroxyl groups excluding tert-OH is 1. The highest BCUT2D eigenvalue weighted by Gasteiger charge is 2.07. The van der Waals surface area contributed by atoms with Gasteiger partial charge in [0.05, 0.1) is 24.2 Å². The lowest BCUT2D eigenvalue weighted by Crippen LogP contribution is -2.31. The zero-order valence-electron chi connectivity index (χ0n) is 9.95. The van der Waals surface area contributed by atoms with Crippen LogP contribution in [0.5, 0.6) is 5.75 Å². The summed E-state index contributed by atoms with van der Waals surface area (Å²) >= 11 is 11.7. The molecule has 0 spiro atoms. The molecule has 6 heteroatoms. The van der Waals surface area contributed by atoms with Gasteiger partial charge in [-0.3, -0.25) is 4.79 Å². The normalized spacial score (nSPS) is 12.0. The number of halogens is 2. The summed E-state index contributed by atoms with van der Waals surface area (Å²) in [5.74, 6) is 0.265. The van der Waals surface area contributed by atoms with Gasteiger partial charge in [-0.1, -0.05) is 29.3 Å². The van der Waals surface area contributed by atoms with Crippen LogP contribution in [0.3, 0.4) is 0 Å². The van der Waals surface area contributed by atoms with Crippen molar-refractivity contribution in [2.75, 3.05) is 13.2 Å². The number of ether oxygens (including phenoxy) is 1. The van der Waals surface area contributed by atoms with E-state index in [1.165, 1.54) is 0 Å². The molecule has 0 aromatic heterocycles. The summed E-state index contributed by atoms with van der Waals surface area (Å²) in [6.45, 7) is 2.03. The maximum Gasteiger partial charge on any atom is 0.223 e. The first-order chi connectivity index (χ1) is 8.50. The molecule has 18 heavy (non-hydrogen) atoms. The summed E-state index contributed by atoms with van der Waals surface area (Å²) < 4.78 is 5.36. The zero-order chi connectivity index (χ0) is 13.5. The summed E-state index contributed by atoms with van der Waals surface area (Å²) in [6, 6.07) is 5.06. The van der Waals surface area contributed by atoms with E-state index in [-0.39, 0.29) is 25.5 Å². The molecule has 0 radical (unpaired) electrons. The first kappa shape index (κ1) is 15.1. The molecule has 1 rings (SSSR count). The van der Waals surface area contributed by atoms with Crippen molar-refractivity contribution in [1.82, 2.24) is 5.32 Å². The second kappa shape index (κ2) is 7.46. The zero-order valence-corrected chi connectivity index (χ0v) is 11.5. The van der Waals surface area contributed by atoms with Crippen LogP contribution < -0.4 is 10.1 Å². The van der Waals surface area contributed by atoms with Crippen molar-refractivity contribution >= 4 is 29.1 Å². The number of hydrogen-bond donors (Lipinski definition) is 2. The Labute approximate surface area is 116 Å². The number of aliphatic hydroxyl groups is 1. The Morgan fingerprint density at radius 2 is 2.22 bits per heavy atom. The molecule has 0 heterocycles. The van der Waals surface area contributed by atoms with Gasteiger partial charge in [-0.25, -0.2) is 0 Å². The third-order valence-corrected chi connectivity index (χ3v) is 2.90. The van der Waals surface area contributed by atoms with Crippen LogP contribution in [0, 0.1) is 0 Å². The van der Waals surface area contributed by atoms with Crippen LogP contribution in [0.2, 0.25) is 10.0 Å². The Bertz CT molecular complexity index is 410. The van der Waals surface area contributed by atoms with Crippen molar-refractivity contribution in [2.24, 2.45) is 0 Å².